The Balaban J connectivity index is -0.00000000500. The Bertz CT molecular complexity index is 4.00. The molecule has 0 aromatic carbocycles. The van der Waals surface area contributed by atoms with E-state index < -0.39 is 0 Å². The second kappa shape index (κ2) is 28.8. The average Bonchev–Trinajstić information content (AvgIpc) is 1.00. The first-order valence-corrected chi connectivity index (χ1v) is 0.707. The van der Waals surface area contributed by atoms with Crippen molar-refractivity contribution < 1.29 is 39.0 Å². The van der Waals surface area contributed by atoms with E-state index in [9.17, 15) is 0 Å². The Labute approximate surface area is 52.9 Å². The Morgan fingerprint density at radius 3 is 1.00 bits per heavy atom. The Morgan fingerprint density at radius 1 is 1.00 bits per heavy atom. The van der Waals surface area contributed by atoms with Gasteiger partial charge in [-0.05, 0) is 0 Å². The summed E-state index contributed by atoms with van der Waals surface area (Å²) in [5.41, 5.74) is 0. The van der Waals surface area contributed by atoms with E-state index in [1.807, 2.05) is 0 Å². The van der Waals surface area contributed by atoms with Crippen LogP contribution in [0.3, 0.4) is 0 Å². The SMILES string of the molecule is [CH2-]C.[Zn].[Zn]. The molecule has 18 valence electrons. The summed E-state index contributed by atoms with van der Waals surface area (Å²) in [5.74, 6) is 0. The molecule has 0 rings (SSSR count). The van der Waals surface area contributed by atoms with Gasteiger partial charge in [-0.2, -0.15) is 6.92 Å². The van der Waals surface area contributed by atoms with Crippen molar-refractivity contribution in [1.82, 2.24) is 0 Å². The van der Waals surface area contributed by atoms with E-state index in [2.05, 4.69) is 6.92 Å². The predicted octanol–water partition coefficient (Wildman–Crippen LogP) is 0.835. The van der Waals surface area contributed by atoms with Gasteiger partial charge >= 0.3 is 0 Å². The van der Waals surface area contributed by atoms with Crippen LogP contribution in [0.1, 0.15) is 6.92 Å². The van der Waals surface area contributed by atoms with Crippen LogP contribution in [0, 0.1) is 6.92 Å². The van der Waals surface area contributed by atoms with Gasteiger partial charge in [0.1, 0.15) is 0 Å². The maximum absolute atomic E-state index is 3.25. The molecule has 0 saturated heterocycles. The quantitative estimate of drug-likeness (QED) is 0.363. The van der Waals surface area contributed by atoms with Crippen molar-refractivity contribution in [3.05, 3.63) is 6.92 Å². The molecule has 0 unspecified atom stereocenters. The van der Waals surface area contributed by atoms with E-state index >= 15 is 0 Å². The maximum atomic E-state index is 3.25. The van der Waals surface area contributed by atoms with Gasteiger partial charge in [0.15, 0.2) is 0 Å². The van der Waals surface area contributed by atoms with E-state index in [1.54, 1.807) is 6.92 Å². The maximum Gasteiger partial charge on any atom is 0 e. The summed E-state index contributed by atoms with van der Waals surface area (Å²) in [4.78, 5) is 0. The molecule has 0 fully saturated rings. The van der Waals surface area contributed by atoms with E-state index in [1.165, 1.54) is 0 Å². The summed E-state index contributed by atoms with van der Waals surface area (Å²) < 4.78 is 0. The van der Waals surface area contributed by atoms with Crippen LogP contribution in [0.5, 0.6) is 0 Å². The van der Waals surface area contributed by atoms with Gasteiger partial charge in [-0.1, -0.05) is 0 Å². The van der Waals surface area contributed by atoms with Crippen LogP contribution in [0.15, 0.2) is 0 Å². The zero-order valence-electron chi connectivity index (χ0n) is 3.12. The minimum absolute atomic E-state index is 0. The molecule has 0 spiro atoms. The van der Waals surface area contributed by atoms with Crippen molar-refractivity contribution in [3.63, 3.8) is 0 Å². The van der Waals surface area contributed by atoms with Crippen molar-refractivity contribution in [2.75, 3.05) is 0 Å². The molecular formula is C2H5Zn2-. The van der Waals surface area contributed by atoms with Crippen molar-refractivity contribution in [2.45, 2.75) is 6.92 Å². The van der Waals surface area contributed by atoms with Gasteiger partial charge in [0.25, 0.3) is 0 Å². The van der Waals surface area contributed by atoms with Gasteiger partial charge in [0, 0.05) is 39.0 Å². The third-order valence-corrected chi connectivity index (χ3v) is 0. The van der Waals surface area contributed by atoms with Crippen LogP contribution < -0.4 is 0 Å². The first-order chi connectivity index (χ1) is 1.00. The summed E-state index contributed by atoms with van der Waals surface area (Å²) in [6, 6.07) is 0. The average molecular weight is 160 g/mol. The van der Waals surface area contributed by atoms with Gasteiger partial charge in [0.05, 0.1) is 0 Å². The van der Waals surface area contributed by atoms with Crippen LogP contribution in [0.25, 0.3) is 0 Å². The van der Waals surface area contributed by atoms with E-state index in [0.717, 1.165) is 0 Å². The Hall–Kier alpha value is 1.25. The summed E-state index contributed by atoms with van der Waals surface area (Å²) in [7, 11) is 0. The molecule has 0 aliphatic carbocycles. The molecule has 0 bridgehead atoms. The minimum Gasteiger partial charge on any atom is -0.346 e. The van der Waals surface area contributed by atoms with Crippen LogP contribution in [-0.4, -0.2) is 0 Å². The fourth-order valence-electron chi connectivity index (χ4n) is 0. The zero-order valence-corrected chi connectivity index (χ0v) is 9.06. The van der Waals surface area contributed by atoms with Gasteiger partial charge in [0.2, 0.25) is 0 Å². The van der Waals surface area contributed by atoms with Crippen molar-refractivity contribution >= 4 is 0 Å². The standard InChI is InChI=1S/C2H5.2Zn/c1-2;;/h1H2,2H3;;/q-1;;. The van der Waals surface area contributed by atoms with Gasteiger partial charge in [-0.25, -0.2) is 0 Å². The Morgan fingerprint density at radius 2 is 1.00 bits per heavy atom. The van der Waals surface area contributed by atoms with Crippen LogP contribution in [0.2, 0.25) is 0 Å². The topological polar surface area (TPSA) is 0 Å². The molecule has 0 atom stereocenters. The van der Waals surface area contributed by atoms with E-state index in [-0.39, 0.29) is 39.0 Å². The normalized spacial score (nSPS) is 1.50. The molecule has 0 saturated carbocycles. The number of rotatable bonds is 0. The third kappa shape index (κ3) is 10.5. The van der Waals surface area contributed by atoms with Crippen molar-refractivity contribution in [3.8, 4) is 0 Å². The molecule has 0 N–H and O–H groups in total. The number of hydrogen-bond donors (Lipinski definition) is 0. The molecule has 0 nitrogen and oxygen atoms in total. The van der Waals surface area contributed by atoms with Crippen molar-refractivity contribution in [1.29, 1.82) is 0 Å². The molecule has 0 heterocycles. The molecule has 0 aromatic rings. The largest absolute Gasteiger partial charge is 0.346 e. The first-order valence-electron chi connectivity index (χ1n) is 0.707. The molecular weight excluding hydrogens is 155 g/mol. The van der Waals surface area contributed by atoms with Crippen LogP contribution >= 0.6 is 0 Å². The molecule has 0 amide bonds. The number of hydrogen-bond acceptors (Lipinski definition) is 0. The van der Waals surface area contributed by atoms with Gasteiger partial charge in [-0.15, -0.1) is 0 Å². The molecule has 0 aliphatic heterocycles. The summed E-state index contributed by atoms with van der Waals surface area (Å²) >= 11 is 0. The van der Waals surface area contributed by atoms with E-state index in [4.69, 9.17) is 0 Å². The molecule has 2 heteroatoms. The summed E-state index contributed by atoms with van der Waals surface area (Å²) in [5, 5.41) is 0. The van der Waals surface area contributed by atoms with Crippen LogP contribution in [0.4, 0.5) is 0 Å². The van der Waals surface area contributed by atoms with Gasteiger partial charge < -0.3 is 6.92 Å². The van der Waals surface area contributed by atoms with Crippen LogP contribution in [-0.2, 0) is 39.0 Å². The third-order valence-electron chi connectivity index (χ3n) is 0. The monoisotopic (exact) mass is 157 g/mol. The minimum atomic E-state index is 0. The smallest absolute Gasteiger partial charge is 0 e. The van der Waals surface area contributed by atoms with Gasteiger partial charge in [-0.3, -0.25) is 0 Å². The summed E-state index contributed by atoms with van der Waals surface area (Å²) in [6.45, 7) is 5.00. The van der Waals surface area contributed by atoms with Crippen molar-refractivity contribution in [2.24, 2.45) is 0 Å². The fourth-order valence-corrected chi connectivity index (χ4v) is 0. The Kier molecular flexibility index (Phi) is 135. The predicted molar refractivity (Wildman–Crippen MR) is 11.0 cm³/mol. The second-order valence-electron chi connectivity index (χ2n) is 0. The molecule has 0 radical (unpaired) electrons. The molecule has 0 aliphatic rings. The molecule has 0 aromatic heterocycles. The fraction of sp³-hybridized carbons (Fsp3) is 0.500. The summed E-state index contributed by atoms with van der Waals surface area (Å²) in [6.07, 6.45) is 0. The second-order valence-corrected chi connectivity index (χ2v) is 0. The first kappa shape index (κ1) is 18.7. The van der Waals surface area contributed by atoms with E-state index in [0.29, 0.717) is 0 Å². The molecule has 4 heavy (non-hydrogen) atoms. The zero-order chi connectivity index (χ0) is 2.00.